The van der Waals surface area contributed by atoms with Crippen LogP contribution in [0, 0.1) is 46.3 Å². The van der Waals surface area contributed by atoms with E-state index in [4.69, 9.17) is 4.74 Å². The maximum atomic E-state index is 12.8. The first-order chi connectivity index (χ1) is 22.7. The van der Waals surface area contributed by atoms with Crippen LogP contribution in [0.25, 0.3) is 0 Å². The zero-order valence-corrected chi connectivity index (χ0v) is 32.3. The van der Waals surface area contributed by atoms with E-state index in [9.17, 15) is 4.79 Å². The number of hydrogen-bond donors (Lipinski definition) is 0. The summed E-state index contributed by atoms with van der Waals surface area (Å²) in [4.78, 5) is 12.8. The second kappa shape index (κ2) is 19.4. The fourth-order valence-corrected chi connectivity index (χ4v) is 11.3. The Hall–Kier alpha value is -1.05. The predicted molar refractivity (Wildman–Crippen MR) is 202 cm³/mol. The van der Waals surface area contributed by atoms with Crippen molar-refractivity contribution < 1.29 is 9.53 Å². The Morgan fingerprint density at radius 2 is 1.49 bits per heavy atom. The Balaban J connectivity index is 1.11. The average molecular weight is 651 g/mol. The quantitative estimate of drug-likeness (QED) is 0.0702. The van der Waals surface area contributed by atoms with Crippen LogP contribution in [0.4, 0.5) is 0 Å². The largest absolute Gasteiger partial charge is 0.462 e. The van der Waals surface area contributed by atoms with Crippen molar-refractivity contribution >= 4 is 5.97 Å². The highest BCUT2D eigenvalue weighted by molar-refractivity contribution is 5.69. The molecule has 2 nitrogen and oxygen atoms in total. The van der Waals surface area contributed by atoms with Crippen LogP contribution >= 0.6 is 0 Å². The van der Waals surface area contributed by atoms with Crippen molar-refractivity contribution in [2.75, 3.05) is 0 Å². The van der Waals surface area contributed by atoms with E-state index in [1.165, 1.54) is 135 Å². The molecule has 4 unspecified atom stereocenters. The molecule has 0 aromatic carbocycles. The molecule has 0 bridgehead atoms. The number of esters is 1. The van der Waals surface area contributed by atoms with Gasteiger partial charge in [-0.15, -0.1) is 0 Å². The van der Waals surface area contributed by atoms with Gasteiger partial charge in [-0.25, -0.2) is 0 Å². The number of allylic oxidation sites excluding steroid dienone is 3. The van der Waals surface area contributed by atoms with Crippen LogP contribution in [0.3, 0.4) is 0 Å². The van der Waals surface area contributed by atoms with Crippen LogP contribution in [-0.4, -0.2) is 12.1 Å². The number of carbonyl (C=O) groups excluding carboxylic acids is 1. The average Bonchev–Trinajstić information content (AvgIpc) is 3.40. The summed E-state index contributed by atoms with van der Waals surface area (Å²) in [7, 11) is 0. The van der Waals surface area contributed by atoms with Gasteiger partial charge in [-0.05, 0) is 123 Å². The SMILES string of the molecule is CCCCCCC=CCCCCCCCCCC(=O)O[C@H]1CC[C@@]2(C)C(=CCC3C4CCC([C@H](C)CCCC(C)C)[C@@]4(C)CCC32)C1. The lowest BCUT2D eigenvalue weighted by Crippen LogP contribution is -2.51. The molecule has 3 saturated carbocycles. The fraction of sp³-hybridized carbons (Fsp3) is 0.889. The Morgan fingerprint density at radius 1 is 0.809 bits per heavy atom. The number of carbonyl (C=O) groups is 1. The fourth-order valence-electron chi connectivity index (χ4n) is 11.3. The zero-order valence-electron chi connectivity index (χ0n) is 32.3. The van der Waals surface area contributed by atoms with E-state index in [0.29, 0.717) is 17.3 Å². The van der Waals surface area contributed by atoms with Crippen molar-refractivity contribution in [3.05, 3.63) is 23.8 Å². The molecular weight excluding hydrogens is 572 g/mol. The maximum absolute atomic E-state index is 12.8. The van der Waals surface area contributed by atoms with Gasteiger partial charge in [0.25, 0.3) is 0 Å². The van der Waals surface area contributed by atoms with E-state index in [0.717, 1.165) is 54.8 Å². The van der Waals surface area contributed by atoms with Crippen molar-refractivity contribution in [2.45, 2.75) is 208 Å². The van der Waals surface area contributed by atoms with Crippen molar-refractivity contribution in [3.63, 3.8) is 0 Å². The van der Waals surface area contributed by atoms with E-state index in [1.54, 1.807) is 5.57 Å². The van der Waals surface area contributed by atoms with Gasteiger partial charge in [-0.2, -0.15) is 0 Å². The molecule has 0 spiro atoms. The van der Waals surface area contributed by atoms with E-state index in [-0.39, 0.29) is 12.1 Å². The van der Waals surface area contributed by atoms with Crippen LogP contribution in [0.1, 0.15) is 202 Å². The van der Waals surface area contributed by atoms with Gasteiger partial charge in [0.15, 0.2) is 0 Å². The van der Waals surface area contributed by atoms with Crippen LogP contribution in [0.5, 0.6) is 0 Å². The van der Waals surface area contributed by atoms with Crippen LogP contribution in [-0.2, 0) is 9.53 Å². The van der Waals surface area contributed by atoms with Crippen molar-refractivity contribution in [1.82, 2.24) is 0 Å². The highest BCUT2D eigenvalue weighted by Crippen LogP contribution is 2.67. The van der Waals surface area contributed by atoms with E-state index in [1.807, 2.05) is 0 Å². The first-order valence-electron chi connectivity index (χ1n) is 21.2. The summed E-state index contributed by atoms with van der Waals surface area (Å²) in [5.74, 6) is 5.32. The van der Waals surface area contributed by atoms with E-state index in [2.05, 4.69) is 59.8 Å². The van der Waals surface area contributed by atoms with Gasteiger partial charge in [0.1, 0.15) is 6.10 Å². The number of ether oxygens (including phenoxy) is 1. The maximum Gasteiger partial charge on any atom is 0.306 e. The molecule has 0 amide bonds. The molecule has 8 atom stereocenters. The zero-order chi connectivity index (χ0) is 33.7. The molecule has 0 N–H and O–H groups in total. The van der Waals surface area contributed by atoms with Gasteiger partial charge >= 0.3 is 5.97 Å². The standard InChI is InChI=1S/C45H78O2/c1-7-8-9-10-11-12-13-14-15-16-17-18-19-20-21-25-43(46)47-38-30-32-44(5)37(34-38)26-27-39-41-29-28-40(36(4)24-22-23-35(2)3)45(41,6)33-31-42(39)44/h12-13,26,35-36,38-42H,7-11,14-25,27-34H2,1-6H3/t36-,38+,39?,40?,41?,42?,44+,45-/m1/s1. The van der Waals surface area contributed by atoms with Gasteiger partial charge in [0.2, 0.25) is 0 Å². The second-order valence-electron chi connectivity index (χ2n) is 18.0. The topological polar surface area (TPSA) is 26.3 Å². The Kier molecular flexibility index (Phi) is 16.0. The van der Waals surface area contributed by atoms with Crippen LogP contribution in [0.2, 0.25) is 0 Å². The summed E-state index contributed by atoms with van der Waals surface area (Å²) in [5.41, 5.74) is 2.53. The summed E-state index contributed by atoms with van der Waals surface area (Å²) >= 11 is 0. The molecule has 47 heavy (non-hydrogen) atoms. The number of hydrogen-bond acceptors (Lipinski definition) is 2. The summed E-state index contributed by atoms with van der Waals surface area (Å²) < 4.78 is 6.13. The van der Waals surface area contributed by atoms with Crippen LogP contribution in [0.15, 0.2) is 23.8 Å². The predicted octanol–water partition coefficient (Wildman–Crippen LogP) is 14.0. The molecule has 4 rings (SSSR count). The van der Waals surface area contributed by atoms with Crippen molar-refractivity contribution in [3.8, 4) is 0 Å². The lowest BCUT2D eigenvalue weighted by atomic mass is 9.47. The number of rotatable bonds is 21. The van der Waals surface area contributed by atoms with Crippen molar-refractivity contribution in [1.29, 1.82) is 0 Å². The molecular formula is C45H78O2. The summed E-state index contributed by atoms with van der Waals surface area (Å²) in [5, 5.41) is 0. The van der Waals surface area contributed by atoms with E-state index >= 15 is 0 Å². The van der Waals surface area contributed by atoms with Crippen molar-refractivity contribution in [2.24, 2.45) is 46.3 Å². The van der Waals surface area contributed by atoms with Gasteiger partial charge in [-0.3, -0.25) is 4.79 Å². The minimum Gasteiger partial charge on any atom is -0.462 e. The molecule has 2 heteroatoms. The Labute approximate surface area is 293 Å². The number of fused-ring (bicyclic) bond motifs is 5. The number of unbranched alkanes of at least 4 members (excludes halogenated alkanes) is 11. The second-order valence-corrected chi connectivity index (χ2v) is 18.0. The molecule has 3 fully saturated rings. The Morgan fingerprint density at radius 3 is 2.19 bits per heavy atom. The monoisotopic (exact) mass is 651 g/mol. The van der Waals surface area contributed by atoms with Gasteiger partial charge in [0.05, 0.1) is 0 Å². The molecule has 0 heterocycles. The molecule has 4 aliphatic carbocycles. The first kappa shape index (κ1) is 38.7. The molecule has 0 saturated heterocycles. The Bertz CT molecular complexity index is 976. The summed E-state index contributed by atoms with van der Waals surface area (Å²) in [6.45, 7) is 14.9. The van der Waals surface area contributed by atoms with Gasteiger partial charge in [-0.1, -0.05) is 136 Å². The van der Waals surface area contributed by atoms with Crippen LogP contribution < -0.4 is 0 Å². The third-order valence-electron chi connectivity index (χ3n) is 14.2. The summed E-state index contributed by atoms with van der Waals surface area (Å²) in [6.07, 6.45) is 39.4. The molecule has 270 valence electrons. The molecule has 0 radical (unpaired) electrons. The lowest BCUT2D eigenvalue weighted by molar-refractivity contribution is -0.151. The lowest BCUT2D eigenvalue weighted by Gasteiger charge is -2.58. The molecule has 0 aromatic heterocycles. The molecule has 0 aromatic rings. The normalized spacial score (nSPS) is 32.6. The minimum absolute atomic E-state index is 0.0577. The van der Waals surface area contributed by atoms with Gasteiger partial charge < -0.3 is 4.74 Å². The third-order valence-corrected chi connectivity index (χ3v) is 14.2. The summed E-state index contributed by atoms with van der Waals surface area (Å²) in [6, 6.07) is 0. The highest BCUT2D eigenvalue weighted by Gasteiger charge is 2.59. The third kappa shape index (κ3) is 10.7. The highest BCUT2D eigenvalue weighted by atomic mass is 16.5. The smallest absolute Gasteiger partial charge is 0.306 e. The van der Waals surface area contributed by atoms with Gasteiger partial charge in [0, 0.05) is 12.8 Å². The minimum atomic E-state index is 0.0577. The molecule has 4 aliphatic rings. The first-order valence-corrected chi connectivity index (χ1v) is 21.2. The van der Waals surface area contributed by atoms with E-state index < -0.39 is 0 Å². The molecule has 0 aliphatic heterocycles.